The van der Waals surface area contributed by atoms with Crippen molar-refractivity contribution in [3.63, 3.8) is 0 Å². The monoisotopic (exact) mass is 437 g/mol. The van der Waals surface area contributed by atoms with Gasteiger partial charge in [0, 0.05) is 23.0 Å². The van der Waals surface area contributed by atoms with E-state index in [1.165, 1.54) is 5.56 Å². The van der Waals surface area contributed by atoms with Crippen LogP contribution < -0.4 is 4.90 Å². The normalized spacial score (nSPS) is 19.2. The highest BCUT2D eigenvalue weighted by Crippen LogP contribution is 2.43. The molecule has 2 aliphatic heterocycles. The van der Waals surface area contributed by atoms with Crippen LogP contribution in [0.15, 0.2) is 53.1 Å². The van der Waals surface area contributed by atoms with Crippen LogP contribution in [0.3, 0.4) is 0 Å². The van der Waals surface area contributed by atoms with E-state index < -0.39 is 0 Å². The Labute approximate surface area is 187 Å². The quantitative estimate of drug-likeness (QED) is 0.591. The average Bonchev–Trinajstić information content (AvgIpc) is 2.75. The fourth-order valence-corrected chi connectivity index (χ4v) is 5.24. The van der Waals surface area contributed by atoms with Gasteiger partial charge in [0.05, 0.1) is 29.2 Å². The second-order valence-corrected chi connectivity index (χ2v) is 9.46. The second-order valence-electron chi connectivity index (χ2n) is 8.12. The molecule has 2 aromatic rings. The van der Waals surface area contributed by atoms with Crippen molar-refractivity contribution < 1.29 is 4.79 Å². The Kier molecular flexibility index (Phi) is 5.81. The lowest BCUT2D eigenvalue weighted by molar-refractivity contribution is -0.129. The number of nitriles is 1. The molecule has 154 valence electrons. The highest BCUT2D eigenvalue weighted by atomic mass is 35.5. The summed E-state index contributed by atoms with van der Waals surface area (Å²) in [5, 5.41) is 11.5. The van der Waals surface area contributed by atoms with Gasteiger partial charge in [0.2, 0.25) is 5.91 Å². The Morgan fingerprint density at radius 2 is 1.93 bits per heavy atom. The third kappa shape index (κ3) is 3.82. The number of carbonyl (C=O) groups is 1. The lowest BCUT2D eigenvalue weighted by Gasteiger charge is -2.42. The molecule has 6 heteroatoms. The first-order chi connectivity index (χ1) is 14.4. The number of aryl methyl sites for hydroxylation is 1. The summed E-state index contributed by atoms with van der Waals surface area (Å²) in [6, 6.07) is 16.7. The SMILES string of the molecule is Cc1ccc(N2CSC3=C(C#N)[C@@H](c4ccc(C(C)C)cc4)CC(=O)N3C2)cc1Cl. The van der Waals surface area contributed by atoms with Gasteiger partial charge in [-0.15, -0.1) is 0 Å². The molecule has 2 heterocycles. The number of rotatable bonds is 3. The number of fused-ring (bicyclic) bond motifs is 1. The minimum atomic E-state index is -0.178. The maximum Gasteiger partial charge on any atom is 0.229 e. The number of hydrogen-bond donors (Lipinski definition) is 0. The van der Waals surface area contributed by atoms with Gasteiger partial charge in [-0.05, 0) is 41.7 Å². The van der Waals surface area contributed by atoms with Crippen molar-refractivity contribution >= 4 is 35.0 Å². The molecule has 2 aliphatic rings. The lowest BCUT2D eigenvalue weighted by atomic mass is 9.85. The molecule has 0 spiro atoms. The standard InChI is InChI=1S/C24H24ClN3OS/c1-15(2)17-5-7-18(8-6-17)20-11-23(29)28-13-27(14-30-24(28)21(20)12-26)19-9-4-16(3)22(25)10-19/h4-10,15,20H,11,13-14H2,1-3H3/t20-/m1/s1. The summed E-state index contributed by atoms with van der Waals surface area (Å²) in [6.45, 7) is 6.72. The van der Waals surface area contributed by atoms with Gasteiger partial charge in [0.1, 0.15) is 0 Å². The van der Waals surface area contributed by atoms with E-state index in [1.807, 2.05) is 25.1 Å². The van der Waals surface area contributed by atoms with Crippen LogP contribution in [-0.4, -0.2) is 23.4 Å². The van der Waals surface area contributed by atoms with Crippen LogP contribution in [0.4, 0.5) is 5.69 Å². The molecule has 0 radical (unpaired) electrons. The number of carbonyl (C=O) groups excluding carboxylic acids is 1. The molecule has 30 heavy (non-hydrogen) atoms. The highest BCUT2D eigenvalue weighted by molar-refractivity contribution is 8.03. The molecule has 0 aliphatic carbocycles. The van der Waals surface area contributed by atoms with Crippen molar-refractivity contribution in [3.05, 3.63) is 74.8 Å². The molecule has 0 N–H and O–H groups in total. The first-order valence-corrected chi connectivity index (χ1v) is 11.4. The van der Waals surface area contributed by atoms with E-state index in [4.69, 9.17) is 11.6 Å². The summed E-state index contributed by atoms with van der Waals surface area (Å²) in [6.07, 6.45) is 0.316. The molecule has 1 fully saturated rings. The van der Waals surface area contributed by atoms with Crippen molar-refractivity contribution in [1.29, 1.82) is 5.26 Å². The minimum absolute atomic E-state index is 0.0531. The van der Waals surface area contributed by atoms with Crippen LogP contribution in [0.5, 0.6) is 0 Å². The van der Waals surface area contributed by atoms with Crippen molar-refractivity contribution in [1.82, 2.24) is 4.90 Å². The molecule has 4 rings (SSSR count). The van der Waals surface area contributed by atoms with Gasteiger partial charge in [-0.25, -0.2) is 0 Å². The molecule has 4 nitrogen and oxygen atoms in total. The third-order valence-electron chi connectivity index (χ3n) is 5.82. The summed E-state index contributed by atoms with van der Waals surface area (Å²) in [7, 11) is 0. The van der Waals surface area contributed by atoms with E-state index in [9.17, 15) is 10.1 Å². The fourth-order valence-electron chi connectivity index (χ4n) is 3.90. The fraction of sp³-hybridized carbons (Fsp3) is 0.333. The summed E-state index contributed by atoms with van der Waals surface area (Å²) >= 11 is 7.84. The van der Waals surface area contributed by atoms with E-state index >= 15 is 0 Å². The zero-order valence-electron chi connectivity index (χ0n) is 17.4. The van der Waals surface area contributed by atoms with Crippen LogP contribution in [0.2, 0.25) is 5.02 Å². The molecular formula is C24H24ClN3OS. The zero-order chi connectivity index (χ0) is 21.4. The Bertz CT molecular complexity index is 1060. The van der Waals surface area contributed by atoms with Crippen LogP contribution in [0, 0.1) is 18.3 Å². The summed E-state index contributed by atoms with van der Waals surface area (Å²) in [4.78, 5) is 16.9. The van der Waals surface area contributed by atoms with Gasteiger partial charge in [-0.2, -0.15) is 5.26 Å². The Balaban J connectivity index is 1.63. The van der Waals surface area contributed by atoms with E-state index in [-0.39, 0.29) is 11.8 Å². The zero-order valence-corrected chi connectivity index (χ0v) is 18.9. The molecule has 1 atom stereocenters. The summed E-state index contributed by atoms with van der Waals surface area (Å²) in [5.74, 6) is 0.995. The molecular weight excluding hydrogens is 414 g/mol. The number of nitrogens with zero attached hydrogens (tertiary/aromatic N) is 3. The molecule has 1 saturated heterocycles. The molecule has 0 unspecified atom stereocenters. The van der Waals surface area contributed by atoms with Crippen LogP contribution in [-0.2, 0) is 4.79 Å². The van der Waals surface area contributed by atoms with Crippen molar-refractivity contribution in [2.75, 3.05) is 17.4 Å². The van der Waals surface area contributed by atoms with E-state index in [1.54, 1.807) is 16.7 Å². The van der Waals surface area contributed by atoms with Crippen LogP contribution in [0.25, 0.3) is 0 Å². The highest BCUT2D eigenvalue weighted by Gasteiger charge is 2.38. The first kappa shape index (κ1) is 20.8. The average molecular weight is 438 g/mol. The van der Waals surface area contributed by atoms with Gasteiger partial charge in [0.25, 0.3) is 0 Å². The maximum absolute atomic E-state index is 13.1. The van der Waals surface area contributed by atoms with E-state index in [0.29, 0.717) is 35.5 Å². The van der Waals surface area contributed by atoms with Gasteiger partial charge in [-0.3, -0.25) is 9.69 Å². The van der Waals surface area contributed by atoms with Crippen molar-refractivity contribution in [3.8, 4) is 6.07 Å². The first-order valence-electron chi connectivity index (χ1n) is 10.1. The van der Waals surface area contributed by atoms with Crippen LogP contribution >= 0.6 is 23.4 Å². The lowest BCUT2D eigenvalue weighted by Crippen LogP contribution is -2.47. The smallest absolute Gasteiger partial charge is 0.229 e. The third-order valence-corrected chi connectivity index (χ3v) is 7.38. The molecule has 2 aromatic carbocycles. The van der Waals surface area contributed by atoms with Gasteiger partial charge in [-0.1, -0.05) is 67.5 Å². The topological polar surface area (TPSA) is 47.3 Å². The molecule has 1 amide bonds. The van der Waals surface area contributed by atoms with E-state index in [0.717, 1.165) is 21.8 Å². The predicted molar refractivity (Wildman–Crippen MR) is 123 cm³/mol. The number of amides is 1. The van der Waals surface area contributed by atoms with Gasteiger partial charge >= 0.3 is 0 Å². The van der Waals surface area contributed by atoms with Gasteiger partial charge < -0.3 is 4.90 Å². The Hall–Kier alpha value is -2.42. The number of anilines is 1. The number of hydrogen-bond acceptors (Lipinski definition) is 4. The van der Waals surface area contributed by atoms with Crippen LogP contribution in [0.1, 0.15) is 48.8 Å². The molecule has 0 saturated carbocycles. The van der Waals surface area contributed by atoms with Crippen molar-refractivity contribution in [2.45, 2.75) is 39.0 Å². The maximum atomic E-state index is 13.1. The number of allylic oxidation sites excluding steroid dienone is 1. The Morgan fingerprint density at radius 3 is 2.57 bits per heavy atom. The summed E-state index contributed by atoms with van der Waals surface area (Å²) in [5.41, 5.74) is 4.99. The Morgan fingerprint density at radius 1 is 1.20 bits per heavy atom. The minimum Gasteiger partial charge on any atom is -0.344 e. The number of thioether (sulfide) groups is 1. The predicted octanol–water partition coefficient (Wildman–Crippen LogP) is 5.99. The largest absolute Gasteiger partial charge is 0.344 e. The molecule has 0 aromatic heterocycles. The molecule has 0 bridgehead atoms. The number of benzene rings is 2. The second kappa shape index (κ2) is 8.37. The van der Waals surface area contributed by atoms with E-state index in [2.05, 4.69) is 49.1 Å². The summed E-state index contributed by atoms with van der Waals surface area (Å²) < 4.78 is 0. The number of halogens is 1. The van der Waals surface area contributed by atoms with Crippen molar-refractivity contribution in [2.24, 2.45) is 0 Å². The van der Waals surface area contributed by atoms with Gasteiger partial charge in [0.15, 0.2) is 0 Å².